The van der Waals surface area contributed by atoms with Gasteiger partial charge >= 0.3 is 12.1 Å². The number of alkyl halides is 3. The van der Waals surface area contributed by atoms with Gasteiger partial charge in [-0.05, 0) is 18.4 Å². The predicted molar refractivity (Wildman–Crippen MR) is 78.3 cm³/mol. The number of nitrogens with one attached hydrogen (secondary N) is 1. The van der Waals surface area contributed by atoms with E-state index in [9.17, 15) is 22.8 Å². The Bertz CT molecular complexity index is 710. The summed E-state index contributed by atoms with van der Waals surface area (Å²) in [5.74, 6) is -1.02. The Kier molecular flexibility index (Phi) is 5.60. The monoisotopic (exact) mass is 362 g/mol. The Morgan fingerprint density at radius 1 is 1.42 bits per heavy atom. The smallest absolute Gasteiger partial charge is 0.405 e. The second kappa shape index (κ2) is 7.47. The topological polar surface area (TPSA) is 81.4 Å². The molecule has 0 spiro atoms. The number of rotatable bonds is 6. The van der Waals surface area contributed by atoms with Gasteiger partial charge in [-0.25, -0.2) is 4.98 Å². The van der Waals surface area contributed by atoms with Gasteiger partial charge in [-0.2, -0.15) is 13.2 Å². The molecule has 0 radical (unpaired) electrons. The van der Waals surface area contributed by atoms with Crippen molar-refractivity contribution in [3.8, 4) is 10.8 Å². The highest BCUT2D eigenvalue weighted by Gasteiger charge is 2.27. The molecule has 0 aliphatic carbocycles. The van der Waals surface area contributed by atoms with E-state index in [4.69, 9.17) is 4.42 Å². The van der Waals surface area contributed by atoms with Crippen LogP contribution in [0.3, 0.4) is 0 Å². The first-order chi connectivity index (χ1) is 11.2. The van der Waals surface area contributed by atoms with E-state index in [-0.39, 0.29) is 6.42 Å². The van der Waals surface area contributed by atoms with E-state index < -0.39 is 31.2 Å². The molecular formula is C14H13F3N2O4S. The summed E-state index contributed by atoms with van der Waals surface area (Å²) in [5.41, 5.74) is 0.346. The largest absolute Gasteiger partial charge is 0.455 e. The van der Waals surface area contributed by atoms with Crippen LogP contribution in [0.25, 0.3) is 10.8 Å². The maximum absolute atomic E-state index is 11.9. The van der Waals surface area contributed by atoms with Crippen LogP contribution >= 0.6 is 11.3 Å². The molecule has 0 saturated heterocycles. The SMILES string of the molecule is Cc1oc(-c2cccs2)nc1CC(=O)OCC(=O)NCC(F)(F)F. The normalized spacial score (nSPS) is 11.3. The lowest BCUT2D eigenvalue weighted by Crippen LogP contribution is -2.36. The predicted octanol–water partition coefficient (Wildman–Crippen LogP) is 2.48. The minimum absolute atomic E-state index is 0.243. The average Bonchev–Trinajstić information content (AvgIpc) is 3.13. The Morgan fingerprint density at radius 2 is 2.17 bits per heavy atom. The van der Waals surface area contributed by atoms with E-state index >= 15 is 0 Å². The molecule has 10 heteroatoms. The number of halogens is 3. The molecule has 0 unspecified atom stereocenters. The Labute approximate surface area is 138 Å². The van der Waals surface area contributed by atoms with E-state index in [1.165, 1.54) is 11.3 Å². The number of carbonyl (C=O) groups excluding carboxylic acids is 2. The first kappa shape index (κ1) is 18.0. The van der Waals surface area contributed by atoms with E-state index in [0.29, 0.717) is 17.3 Å². The third-order valence-corrected chi connectivity index (χ3v) is 3.64. The summed E-state index contributed by atoms with van der Waals surface area (Å²) in [6, 6.07) is 3.63. The number of oxazole rings is 1. The zero-order chi connectivity index (χ0) is 17.7. The number of hydrogen-bond acceptors (Lipinski definition) is 6. The average molecular weight is 362 g/mol. The summed E-state index contributed by atoms with van der Waals surface area (Å²) in [6.45, 7) is -0.637. The van der Waals surface area contributed by atoms with Gasteiger partial charge in [0.15, 0.2) is 6.61 Å². The summed E-state index contributed by atoms with van der Waals surface area (Å²) in [6.07, 6.45) is -4.76. The number of thiophene rings is 1. The van der Waals surface area contributed by atoms with E-state index in [0.717, 1.165) is 4.88 Å². The van der Waals surface area contributed by atoms with Crippen LogP contribution < -0.4 is 5.32 Å². The molecule has 0 aromatic carbocycles. The lowest BCUT2D eigenvalue weighted by molar-refractivity contribution is -0.150. The summed E-state index contributed by atoms with van der Waals surface area (Å²) in [4.78, 5) is 27.8. The maximum Gasteiger partial charge on any atom is 0.405 e. The van der Waals surface area contributed by atoms with Crippen molar-refractivity contribution in [3.05, 3.63) is 29.0 Å². The van der Waals surface area contributed by atoms with Crippen molar-refractivity contribution in [2.45, 2.75) is 19.5 Å². The molecule has 2 aromatic heterocycles. The van der Waals surface area contributed by atoms with Crippen molar-refractivity contribution in [2.75, 3.05) is 13.2 Å². The number of hydrogen-bond donors (Lipinski definition) is 1. The van der Waals surface area contributed by atoms with Crippen molar-refractivity contribution >= 4 is 23.2 Å². The highest BCUT2D eigenvalue weighted by molar-refractivity contribution is 7.13. The lowest BCUT2D eigenvalue weighted by atomic mass is 10.3. The Hall–Kier alpha value is -2.36. The van der Waals surface area contributed by atoms with Crippen LogP contribution in [-0.4, -0.2) is 36.2 Å². The minimum Gasteiger partial charge on any atom is -0.455 e. The fraction of sp³-hybridized carbons (Fsp3) is 0.357. The van der Waals surface area contributed by atoms with Crippen molar-refractivity contribution in [2.24, 2.45) is 0 Å². The molecule has 1 amide bonds. The maximum atomic E-state index is 11.9. The molecule has 130 valence electrons. The van der Waals surface area contributed by atoms with Gasteiger partial charge in [0.25, 0.3) is 5.91 Å². The van der Waals surface area contributed by atoms with Crippen LogP contribution in [0, 0.1) is 6.92 Å². The van der Waals surface area contributed by atoms with Gasteiger partial charge < -0.3 is 14.5 Å². The number of aromatic nitrogens is 1. The summed E-state index contributed by atoms with van der Waals surface area (Å²) >= 11 is 1.42. The third kappa shape index (κ3) is 5.37. The van der Waals surface area contributed by atoms with Crippen LogP contribution in [0.5, 0.6) is 0 Å². The first-order valence-corrected chi connectivity index (χ1v) is 7.62. The fourth-order valence-corrected chi connectivity index (χ4v) is 2.33. The zero-order valence-corrected chi connectivity index (χ0v) is 13.3. The molecule has 2 heterocycles. The molecular weight excluding hydrogens is 349 g/mol. The van der Waals surface area contributed by atoms with Gasteiger partial charge in [0.2, 0.25) is 5.89 Å². The van der Waals surface area contributed by atoms with Gasteiger partial charge in [-0.15, -0.1) is 11.3 Å². The number of carbonyl (C=O) groups is 2. The zero-order valence-electron chi connectivity index (χ0n) is 12.5. The van der Waals surface area contributed by atoms with Gasteiger partial charge in [-0.1, -0.05) is 6.07 Å². The standard InChI is InChI=1S/C14H13F3N2O4S/c1-8-9(19-13(23-8)10-3-2-4-24-10)5-12(21)22-6-11(20)18-7-14(15,16)17/h2-4H,5-7H2,1H3,(H,18,20). The number of nitrogens with zero attached hydrogens (tertiary/aromatic N) is 1. The summed E-state index contributed by atoms with van der Waals surface area (Å²) in [5, 5.41) is 3.45. The lowest BCUT2D eigenvalue weighted by Gasteiger charge is -2.08. The van der Waals surface area contributed by atoms with Crippen molar-refractivity contribution in [3.63, 3.8) is 0 Å². The molecule has 0 atom stereocenters. The number of esters is 1. The second-order valence-corrected chi connectivity index (χ2v) is 5.68. The van der Waals surface area contributed by atoms with Crippen LogP contribution in [0.4, 0.5) is 13.2 Å². The van der Waals surface area contributed by atoms with E-state index in [1.807, 2.05) is 17.5 Å². The van der Waals surface area contributed by atoms with Gasteiger partial charge in [0.1, 0.15) is 12.3 Å². The Morgan fingerprint density at radius 3 is 2.79 bits per heavy atom. The molecule has 1 N–H and O–H groups in total. The van der Waals surface area contributed by atoms with E-state index in [2.05, 4.69) is 9.72 Å². The van der Waals surface area contributed by atoms with Crippen LogP contribution in [0.1, 0.15) is 11.5 Å². The van der Waals surface area contributed by atoms with Gasteiger partial charge in [0.05, 0.1) is 17.0 Å². The molecule has 6 nitrogen and oxygen atoms in total. The molecule has 0 fully saturated rings. The highest BCUT2D eigenvalue weighted by Crippen LogP contribution is 2.26. The summed E-state index contributed by atoms with van der Waals surface area (Å²) in [7, 11) is 0. The van der Waals surface area contributed by atoms with Crippen molar-refractivity contribution in [1.29, 1.82) is 0 Å². The highest BCUT2D eigenvalue weighted by atomic mass is 32.1. The third-order valence-electron chi connectivity index (χ3n) is 2.79. The second-order valence-electron chi connectivity index (χ2n) is 4.73. The fourth-order valence-electron chi connectivity index (χ4n) is 1.68. The number of ether oxygens (including phenoxy) is 1. The van der Waals surface area contributed by atoms with Gasteiger partial charge in [0, 0.05) is 0 Å². The quantitative estimate of drug-likeness (QED) is 0.799. The molecule has 0 aliphatic rings. The van der Waals surface area contributed by atoms with Crippen LogP contribution in [0.15, 0.2) is 21.9 Å². The number of amides is 1. The van der Waals surface area contributed by atoms with Crippen molar-refractivity contribution < 1.29 is 31.9 Å². The molecule has 0 saturated carbocycles. The van der Waals surface area contributed by atoms with Crippen molar-refractivity contribution in [1.82, 2.24) is 10.3 Å². The van der Waals surface area contributed by atoms with E-state index in [1.54, 1.807) is 12.2 Å². The first-order valence-electron chi connectivity index (χ1n) is 6.74. The van der Waals surface area contributed by atoms with Crippen LogP contribution in [-0.2, 0) is 20.7 Å². The summed E-state index contributed by atoms with van der Waals surface area (Å²) < 4.78 is 45.9. The number of aryl methyl sites for hydroxylation is 1. The van der Waals surface area contributed by atoms with Gasteiger partial charge in [-0.3, -0.25) is 9.59 Å². The Balaban J connectivity index is 1.83. The van der Waals surface area contributed by atoms with Crippen LogP contribution in [0.2, 0.25) is 0 Å². The molecule has 0 aliphatic heterocycles. The molecule has 24 heavy (non-hydrogen) atoms. The molecule has 2 aromatic rings. The molecule has 2 rings (SSSR count). The molecule has 0 bridgehead atoms. The minimum atomic E-state index is -4.52.